The smallest absolute Gasteiger partial charge is 0.131 e. The van der Waals surface area contributed by atoms with E-state index in [-0.39, 0.29) is 5.82 Å². The monoisotopic (exact) mass is 328 g/mol. The molecule has 0 aliphatic carbocycles. The van der Waals surface area contributed by atoms with E-state index in [0.717, 1.165) is 24.8 Å². The van der Waals surface area contributed by atoms with Crippen LogP contribution in [0.4, 0.5) is 4.39 Å². The second-order valence-electron chi connectivity index (χ2n) is 6.89. The lowest BCUT2D eigenvalue weighted by Crippen LogP contribution is -1.99. The summed E-state index contributed by atoms with van der Waals surface area (Å²) in [5.41, 5.74) is 4.21. The van der Waals surface area contributed by atoms with Crippen molar-refractivity contribution in [2.24, 2.45) is 5.92 Å². The van der Waals surface area contributed by atoms with Crippen LogP contribution >= 0.6 is 0 Å². The van der Waals surface area contributed by atoms with E-state index in [1.165, 1.54) is 30.0 Å². The Labute approximate surface area is 145 Å². The number of halogens is 1. The molecule has 0 saturated carbocycles. The van der Waals surface area contributed by atoms with Gasteiger partial charge in [0.2, 0.25) is 0 Å². The molecular formula is C22H29FO. The van der Waals surface area contributed by atoms with Crippen LogP contribution in [0.3, 0.4) is 0 Å². The van der Waals surface area contributed by atoms with Gasteiger partial charge in [-0.05, 0) is 60.1 Å². The van der Waals surface area contributed by atoms with Gasteiger partial charge in [0.05, 0.1) is 7.11 Å². The highest BCUT2D eigenvalue weighted by Gasteiger charge is 2.12. The normalized spacial score (nSPS) is 11.1. The lowest BCUT2D eigenvalue weighted by molar-refractivity contribution is 0.414. The molecule has 0 amide bonds. The second kappa shape index (κ2) is 8.86. The van der Waals surface area contributed by atoms with Crippen molar-refractivity contribution in [1.29, 1.82) is 0 Å². The minimum Gasteiger partial charge on any atom is -0.497 e. The topological polar surface area (TPSA) is 9.23 Å². The standard InChI is InChI=1S/C22H29FO/c1-5-6-7-8-18-14-17(13-16(2)3)9-11-20(18)21-15-19(24-4)10-12-22(21)23/h9-12,14-16H,5-8,13H2,1-4H3. The Morgan fingerprint density at radius 2 is 1.79 bits per heavy atom. The molecule has 2 aromatic carbocycles. The van der Waals surface area contributed by atoms with Crippen LogP contribution < -0.4 is 4.74 Å². The molecule has 0 saturated heterocycles. The number of aryl methyl sites for hydroxylation is 1. The molecule has 0 aliphatic heterocycles. The first-order valence-electron chi connectivity index (χ1n) is 9.00. The van der Waals surface area contributed by atoms with E-state index in [4.69, 9.17) is 4.74 Å². The summed E-state index contributed by atoms with van der Waals surface area (Å²) in [7, 11) is 1.62. The fourth-order valence-electron chi connectivity index (χ4n) is 3.12. The molecule has 0 atom stereocenters. The number of rotatable bonds is 8. The first-order chi connectivity index (χ1) is 11.5. The molecule has 0 fully saturated rings. The molecule has 0 aliphatic rings. The maximum absolute atomic E-state index is 14.4. The van der Waals surface area contributed by atoms with Crippen LogP contribution in [0.15, 0.2) is 36.4 Å². The third kappa shape index (κ3) is 4.83. The summed E-state index contributed by atoms with van der Waals surface area (Å²) in [4.78, 5) is 0. The van der Waals surface area contributed by atoms with Gasteiger partial charge in [-0.2, -0.15) is 0 Å². The zero-order chi connectivity index (χ0) is 17.5. The van der Waals surface area contributed by atoms with Gasteiger partial charge in [0.1, 0.15) is 11.6 Å². The molecule has 0 unspecified atom stereocenters. The van der Waals surface area contributed by atoms with Crippen LogP contribution in [-0.4, -0.2) is 7.11 Å². The third-order valence-corrected chi connectivity index (χ3v) is 4.33. The molecule has 0 radical (unpaired) electrons. The average molecular weight is 328 g/mol. The Morgan fingerprint density at radius 1 is 1.00 bits per heavy atom. The highest BCUT2D eigenvalue weighted by Crippen LogP contribution is 2.32. The van der Waals surface area contributed by atoms with Gasteiger partial charge in [-0.15, -0.1) is 0 Å². The van der Waals surface area contributed by atoms with Crippen molar-refractivity contribution in [3.63, 3.8) is 0 Å². The Kier molecular flexibility index (Phi) is 6.84. The molecule has 24 heavy (non-hydrogen) atoms. The molecule has 0 heterocycles. The van der Waals surface area contributed by atoms with Crippen LogP contribution in [0.25, 0.3) is 11.1 Å². The Morgan fingerprint density at radius 3 is 2.46 bits per heavy atom. The number of methoxy groups -OCH3 is 1. The van der Waals surface area contributed by atoms with E-state index in [2.05, 4.69) is 39.0 Å². The molecular weight excluding hydrogens is 299 g/mol. The van der Waals surface area contributed by atoms with Crippen molar-refractivity contribution in [3.8, 4) is 16.9 Å². The number of hydrogen-bond donors (Lipinski definition) is 0. The van der Waals surface area contributed by atoms with Gasteiger partial charge in [0, 0.05) is 5.56 Å². The van der Waals surface area contributed by atoms with Crippen molar-refractivity contribution in [2.75, 3.05) is 7.11 Å². The molecule has 1 nitrogen and oxygen atoms in total. The maximum Gasteiger partial charge on any atom is 0.131 e. The molecule has 2 aromatic rings. The fourth-order valence-corrected chi connectivity index (χ4v) is 3.12. The predicted octanol–water partition coefficient (Wildman–Crippen LogP) is 6.43. The summed E-state index contributed by atoms with van der Waals surface area (Å²) >= 11 is 0. The molecule has 2 rings (SSSR count). The minimum absolute atomic E-state index is 0.191. The van der Waals surface area contributed by atoms with Crippen LogP contribution in [0.2, 0.25) is 0 Å². The van der Waals surface area contributed by atoms with E-state index in [1.54, 1.807) is 19.2 Å². The summed E-state index contributed by atoms with van der Waals surface area (Å²) in [6.07, 6.45) is 5.58. The molecule has 0 spiro atoms. The Balaban J connectivity index is 2.43. The van der Waals surface area contributed by atoms with E-state index in [0.29, 0.717) is 17.2 Å². The van der Waals surface area contributed by atoms with Gasteiger partial charge in [-0.1, -0.05) is 51.8 Å². The van der Waals surface area contributed by atoms with Crippen molar-refractivity contribution in [3.05, 3.63) is 53.3 Å². The lowest BCUT2D eigenvalue weighted by Gasteiger charge is -2.15. The predicted molar refractivity (Wildman–Crippen MR) is 100 cm³/mol. The summed E-state index contributed by atoms with van der Waals surface area (Å²) in [5.74, 6) is 1.12. The van der Waals surface area contributed by atoms with Crippen LogP contribution in [0.5, 0.6) is 5.75 Å². The van der Waals surface area contributed by atoms with Gasteiger partial charge in [-0.25, -0.2) is 4.39 Å². The van der Waals surface area contributed by atoms with Gasteiger partial charge in [0.15, 0.2) is 0 Å². The van der Waals surface area contributed by atoms with Crippen LogP contribution in [-0.2, 0) is 12.8 Å². The SMILES string of the molecule is CCCCCc1cc(CC(C)C)ccc1-c1cc(OC)ccc1F. The number of ether oxygens (including phenoxy) is 1. The van der Waals surface area contributed by atoms with Gasteiger partial charge in [-0.3, -0.25) is 0 Å². The van der Waals surface area contributed by atoms with Crippen LogP contribution in [0.1, 0.15) is 51.2 Å². The number of benzene rings is 2. The lowest BCUT2D eigenvalue weighted by atomic mass is 9.91. The van der Waals surface area contributed by atoms with E-state index in [9.17, 15) is 4.39 Å². The van der Waals surface area contributed by atoms with Crippen LogP contribution in [0, 0.1) is 11.7 Å². The average Bonchev–Trinajstić information content (AvgIpc) is 2.56. The molecule has 0 N–H and O–H groups in total. The van der Waals surface area contributed by atoms with Crippen molar-refractivity contribution in [2.45, 2.75) is 52.9 Å². The van der Waals surface area contributed by atoms with Crippen molar-refractivity contribution < 1.29 is 9.13 Å². The second-order valence-corrected chi connectivity index (χ2v) is 6.89. The van der Waals surface area contributed by atoms with E-state index < -0.39 is 0 Å². The summed E-state index contributed by atoms with van der Waals surface area (Å²) in [5, 5.41) is 0. The first-order valence-corrected chi connectivity index (χ1v) is 9.00. The highest BCUT2D eigenvalue weighted by atomic mass is 19.1. The zero-order valence-corrected chi connectivity index (χ0v) is 15.4. The highest BCUT2D eigenvalue weighted by molar-refractivity contribution is 5.70. The number of unbranched alkanes of at least 4 members (excludes halogenated alkanes) is 2. The summed E-state index contributed by atoms with van der Waals surface area (Å²) in [6, 6.07) is 11.4. The Hall–Kier alpha value is -1.83. The number of hydrogen-bond acceptors (Lipinski definition) is 1. The quantitative estimate of drug-likeness (QED) is 0.507. The summed E-state index contributed by atoms with van der Waals surface area (Å²) < 4.78 is 19.7. The van der Waals surface area contributed by atoms with Crippen molar-refractivity contribution in [1.82, 2.24) is 0 Å². The third-order valence-electron chi connectivity index (χ3n) is 4.33. The van der Waals surface area contributed by atoms with Gasteiger partial charge < -0.3 is 4.74 Å². The fraction of sp³-hybridized carbons (Fsp3) is 0.455. The van der Waals surface area contributed by atoms with E-state index >= 15 is 0 Å². The molecule has 130 valence electrons. The molecule has 2 heteroatoms. The largest absolute Gasteiger partial charge is 0.497 e. The Bertz CT molecular complexity index is 661. The zero-order valence-electron chi connectivity index (χ0n) is 15.4. The minimum atomic E-state index is -0.191. The van der Waals surface area contributed by atoms with Gasteiger partial charge in [0.25, 0.3) is 0 Å². The van der Waals surface area contributed by atoms with E-state index in [1.807, 2.05) is 0 Å². The summed E-state index contributed by atoms with van der Waals surface area (Å²) in [6.45, 7) is 6.66. The first kappa shape index (κ1) is 18.5. The van der Waals surface area contributed by atoms with Crippen molar-refractivity contribution >= 4 is 0 Å². The molecule has 0 bridgehead atoms. The van der Waals surface area contributed by atoms with Gasteiger partial charge >= 0.3 is 0 Å². The molecule has 0 aromatic heterocycles. The maximum atomic E-state index is 14.4.